The molecule has 1 atom stereocenters. The molecular weight excluding hydrogens is 326 g/mol. The fourth-order valence-corrected chi connectivity index (χ4v) is 3.50. The highest BCUT2D eigenvalue weighted by Crippen LogP contribution is 2.22. The Balaban J connectivity index is 1.83. The van der Waals surface area contributed by atoms with E-state index >= 15 is 0 Å². The molecule has 0 spiro atoms. The lowest BCUT2D eigenvalue weighted by atomic mass is 10.1. The Labute approximate surface area is 155 Å². The number of benzene rings is 1. The number of aromatic nitrogens is 3. The minimum Gasteiger partial charge on any atom is -0.330 e. The maximum atomic E-state index is 13.3. The van der Waals surface area contributed by atoms with Crippen LogP contribution in [0, 0.1) is 6.92 Å². The number of rotatable bonds is 6. The first-order valence-electron chi connectivity index (χ1n) is 9.59. The van der Waals surface area contributed by atoms with E-state index in [1.165, 1.54) is 0 Å². The third kappa shape index (κ3) is 3.96. The molecular formula is C20H29N5O. The van der Waals surface area contributed by atoms with Crippen LogP contribution in [0.5, 0.6) is 0 Å². The standard InChI is InChI=1S/C20H29N5O/c1-4-15(2)24(14-17-8-6-5-7-9-17)20(26)19-16(3)25(23-22-19)18-10-12-21-13-11-18/h5-9,15,18,21H,4,10-14H2,1-3H3. The van der Waals surface area contributed by atoms with E-state index in [0.29, 0.717) is 18.3 Å². The van der Waals surface area contributed by atoms with Crippen LogP contribution in [-0.2, 0) is 6.54 Å². The molecule has 3 rings (SSSR count). The quantitative estimate of drug-likeness (QED) is 0.865. The van der Waals surface area contributed by atoms with Gasteiger partial charge in [-0.25, -0.2) is 4.68 Å². The third-order valence-corrected chi connectivity index (χ3v) is 5.36. The van der Waals surface area contributed by atoms with Gasteiger partial charge in [0.05, 0.1) is 11.7 Å². The van der Waals surface area contributed by atoms with E-state index in [1.54, 1.807) is 0 Å². The maximum absolute atomic E-state index is 13.3. The molecule has 0 aliphatic carbocycles. The zero-order valence-corrected chi connectivity index (χ0v) is 16.0. The number of hydrogen-bond donors (Lipinski definition) is 1. The summed E-state index contributed by atoms with van der Waals surface area (Å²) in [5.74, 6) is -0.0270. The van der Waals surface area contributed by atoms with Crippen molar-refractivity contribution in [1.82, 2.24) is 25.2 Å². The van der Waals surface area contributed by atoms with Crippen LogP contribution in [0.1, 0.15) is 60.9 Å². The number of nitrogens with zero attached hydrogens (tertiary/aromatic N) is 4. The van der Waals surface area contributed by atoms with Crippen molar-refractivity contribution in [2.45, 2.75) is 58.7 Å². The van der Waals surface area contributed by atoms with Crippen molar-refractivity contribution < 1.29 is 4.79 Å². The Hall–Kier alpha value is -2.21. The van der Waals surface area contributed by atoms with Crippen LogP contribution in [0.15, 0.2) is 30.3 Å². The van der Waals surface area contributed by atoms with Gasteiger partial charge in [-0.05, 0) is 51.8 Å². The number of carbonyl (C=O) groups is 1. The number of hydrogen-bond acceptors (Lipinski definition) is 4. The molecule has 1 aliphatic heterocycles. The van der Waals surface area contributed by atoms with Gasteiger partial charge in [0.25, 0.3) is 5.91 Å². The zero-order chi connectivity index (χ0) is 18.5. The minimum atomic E-state index is -0.0270. The van der Waals surface area contributed by atoms with Gasteiger partial charge in [-0.15, -0.1) is 5.10 Å². The molecule has 26 heavy (non-hydrogen) atoms. The number of nitrogens with one attached hydrogen (secondary N) is 1. The van der Waals surface area contributed by atoms with Crippen molar-refractivity contribution in [3.63, 3.8) is 0 Å². The fourth-order valence-electron chi connectivity index (χ4n) is 3.50. The van der Waals surface area contributed by atoms with Crippen LogP contribution in [0.4, 0.5) is 0 Å². The maximum Gasteiger partial charge on any atom is 0.276 e. The highest BCUT2D eigenvalue weighted by molar-refractivity contribution is 5.93. The lowest BCUT2D eigenvalue weighted by molar-refractivity contribution is 0.0664. The van der Waals surface area contributed by atoms with Gasteiger partial charge in [-0.1, -0.05) is 42.5 Å². The van der Waals surface area contributed by atoms with Crippen molar-refractivity contribution in [3.05, 3.63) is 47.3 Å². The predicted octanol–water partition coefficient (Wildman–Crippen LogP) is 2.95. The summed E-state index contributed by atoms with van der Waals surface area (Å²) in [5, 5.41) is 12.0. The number of amides is 1. The Morgan fingerprint density at radius 2 is 2.00 bits per heavy atom. The van der Waals surface area contributed by atoms with Gasteiger partial charge in [-0.3, -0.25) is 4.79 Å². The van der Waals surface area contributed by atoms with Gasteiger partial charge in [0, 0.05) is 12.6 Å². The Morgan fingerprint density at radius 3 is 2.65 bits per heavy atom. The first kappa shape index (κ1) is 18.6. The molecule has 2 heterocycles. The second-order valence-electron chi connectivity index (χ2n) is 7.13. The van der Waals surface area contributed by atoms with E-state index in [1.807, 2.05) is 34.7 Å². The first-order valence-corrected chi connectivity index (χ1v) is 9.59. The van der Waals surface area contributed by atoms with E-state index in [9.17, 15) is 4.79 Å². The van der Waals surface area contributed by atoms with Crippen molar-refractivity contribution in [2.24, 2.45) is 0 Å². The average Bonchev–Trinajstić information content (AvgIpc) is 3.08. The lowest BCUT2D eigenvalue weighted by Crippen LogP contribution is -2.38. The number of piperidine rings is 1. The van der Waals surface area contributed by atoms with Gasteiger partial charge in [0.15, 0.2) is 5.69 Å². The number of carbonyl (C=O) groups excluding carboxylic acids is 1. The second-order valence-corrected chi connectivity index (χ2v) is 7.13. The molecule has 1 unspecified atom stereocenters. The summed E-state index contributed by atoms with van der Waals surface area (Å²) in [6, 6.07) is 10.6. The van der Waals surface area contributed by atoms with Crippen molar-refractivity contribution in [2.75, 3.05) is 13.1 Å². The highest BCUT2D eigenvalue weighted by atomic mass is 16.2. The zero-order valence-electron chi connectivity index (χ0n) is 16.0. The van der Waals surface area contributed by atoms with Crippen molar-refractivity contribution >= 4 is 5.91 Å². The summed E-state index contributed by atoms with van der Waals surface area (Å²) in [5.41, 5.74) is 2.49. The normalized spacial score (nSPS) is 16.4. The van der Waals surface area contributed by atoms with Gasteiger partial charge >= 0.3 is 0 Å². The smallest absolute Gasteiger partial charge is 0.276 e. The topological polar surface area (TPSA) is 63.1 Å². The molecule has 2 aromatic rings. The fraction of sp³-hybridized carbons (Fsp3) is 0.550. The van der Waals surface area contributed by atoms with Crippen molar-refractivity contribution in [3.8, 4) is 0 Å². The van der Waals surface area contributed by atoms with Crippen LogP contribution in [0.3, 0.4) is 0 Å². The molecule has 140 valence electrons. The van der Waals surface area contributed by atoms with Crippen LogP contribution in [0.2, 0.25) is 0 Å². The van der Waals surface area contributed by atoms with Gasteiger partial charge in [0.2, 0.25) is 0 Å². The summed E-state index contributed by atoms with van der Waals surface area (Å²) in [6.07, 6.45) is 2.95. The summed E-state index contributed by atoms with van der Waals surface area (Å²) in [6.45, 7) is 8.73. The van der Waals surface area contributed by atoms with E-state index in [0.717, 1.165) is 43.6 Å². The molecule has 1 amide bonds. The molecule has 0 radical (unpaired) electrons. The molecule has 1 saturated heterocycles. The Bertz CT molecular complexity index is 721. The van der Waals surface area contributed by atoms with E-state index in [2.05, 4.69) is 41.6 Å². The molecule has 1 aliphatic rings. The second kappa shape index (κ2) is 8.45. The molecule has 0 saturated carbocycles. The van der Waals surface area contributed by atoms with Gasteiger partial charge in [-0.2, -0.15) is 0 Å². The van der Waals surface area contributed by atoms with Gasteiger partial charge < -0.3 is 10.2 Å². The molecule has 6 heteroatoms. The van der Waals surface area contributed by atoms with Crippen LogP contribution < -0.4 is 5.32 Å². The molecule has 1 N–H and O–H groups in total. The van der Waals surface area contributed by atoms with Crippen molar-refractivity contribution in [1.29, 1.82) is 0 Å². The SMILES string of the molecule is CCC(C)N(Cc1ccccc1)C(=O)c1nnn(C2CCNCC2)c1C. The summed E-state index contributed by atoms with van der Waals surface area (Å²) in [4.78, 5) is 15.2. The molecule has 1 aromatic heterocycles. The van der Waals surface area contributed by atoms with Crippen LogP contribution in [0.25, 0.3) is 0 Å². The van der Waals surface area contributed by atoms with E-state index in [4.69, 9.17) is 0 Å². The lowest BCUT2D eigenvalue weighted by Gasteiger charge is -2.28. The minimum absolute atomic E-state index is 0.0270. The van der Waals surface area contributed by atoms with E-state index in [-0.39, 0.29) is 11.9 Å². The molecule has 1 aromatic carbocycles. The predicted molar refractivity (Wildman–Crippen MR) is 102 cm³/mol. The summed E-state index contributed by atoms with van der Waals surface area (Å²) < 4.78 is 1.95. The Kier molecular flexibility index (Phi) is 6.04. The largest absolute Gasteiger partial charge is 0.330 e. The average molecular weight is 355 g/mol. The van der Waals surface area contributed by atoms with E-state index < -0.39 is 0 Å². The summed E-state index contributed by atoms with van der Waals surface area (Å²) >= 11 is 0. The molecule has 1 fully saturated rings. The first-order chi connectivity index (χ1) is 12.6. The summed E-state index contributed by atoms with van der Waals surface area (Å²) in [7, 11) is 0. The molecule has 0 bridgehead atoms. The highest BCUT2D eigenvalue weighted by Gasteiger charge is 2.28. The van der Waals surface area contributed by atoms with Crippen LogP contribution >= 0.6 is 0 Å². The molecule has 6 nitrogen and oxygen atoms in total. The van der Waals surface area contributed by atoms with Gasteiger partial charge in [0.1, 0.15) is 0 Å². The Morgan fingerprint density at radius 1 is 1.31 bits per heavy atom. The monoisotopic (exact) mass is 355 g/mol. The van der Waals surface area contributed by atoms with Crippen LogP contribution in [-0.4, -0.2) is 44.9 Å². The third-order valence-electron chi connectivity index (χ3n) is 5.36.